The Labute approximate surface area is 175 Å². The van der Waals surface area contributed by atoms with E-state index in [4.69, 9.17) is 9.47 Å². The van der Waals surface area contributed by atoms with Gasteiger partial charge in [0.25, 0.3) is 5.91 Å². The fourth-order valence-electron chi connectivity index (χ4n) is 4.44. The second kappa shape index (κ2) is 7.48. The Kier molecular flexibility index (Phi) is 4.66. The number of likely N-dealkylation sites (tertiary alicyclic amines) is 1. The van der Waals surface area contributed by atoms with Crippen LogP contribution in [0.5, 0.6) is 11.5 Å². The number of nitrogens with zero attached hydrogens (tertiary/aromatic N) is 1. The van der Waals surface area contributed by atoms with Crippen LogP contribution in [-0.4, -0.2) is 41.9 Å². The molecular formula is C25H23NO4. The molecule has 1 saturated heterocycles. The van der Waals surface area contributed by atoms with Crippen LogP contribution < -0.4 is 9.47 Å². The van der Waals surface area contributed by atoms with E-state index in [9.17, 15) is 9.59 Å². The molecule has 1 spiro atoms. The number of rotatable bonds is 3. The zero-order valence-electron chi connectivity index (χ0n) is 16.7. The lowest BCUT2D eigenvalue weighted by Gasteiger charge is -2.43. The minimum absolute atomic E-state index is 0.00360. The third kappa shape index (κ3) is 3.41. The Morgan fingerprint density at radius 1 is 0.967 bits per heavy atom. The minimum Gasteiger partial charge on any atom is -0.486 e. The number of amides is 1. The van der Waals surface area contributed by atoms with Crippen molar-refractivity contribution in [2.24, 2.45) is 0 Å². The van der Waals surface area contributed by atoms with Gasteiger partial charge in [-0.25, -0.2) is 0 Å². The summed E-state index contributed by atoms with van der Waals surface area (Å²) in [6.07, 6.45) is 1.67. The number of fused-ring (bicyclic) bond motifs is 2. The van der Waals surface area contributed by atoms with Crippen molar-refractivity contribution in [2.75, 3.05) is 19.7 Å². The molecule has 1 fully saturated rings. The van der Waals surface area contributed by atoms with Gasteiger partial charge in [0.1, 0.15) is 17.1 Å². The van der Waals surface area contributed by atoms with Gasteiger partial charge in [0.05, 0.1) is 12.0 Å². The molecule has 0 atom stereocenters. The highest BCUT2D eigenvalue weighted by atomic mass is 16.5. The molecule has 152 valence electrons. The molecule has 0 unspecified atom stereocenters. The van der Waals surface area contributed by atoms with E-state index in [2.05, 4.69) is 0 Å². The molecule has 5 nitrogen and oxygen atoms in total. The zero-order valence-corrected chi connectivity index (χ0v) is 16.7. The number of hydrogen-bond acceptors (Lipinski definition) is 4. The lowest BCUT2D eigenvalue weighted by Crippen LogP contribution is -2.53. The molecule has 0 aromatic heterocycles. The highest BCUT2D eigenvalue weighted by Crippen LogP contribution is 2.39. The molecule has 0 bridgehead atoms. The number of ketones is 1. The summed E-state index contributed by atoms with van der Waals surface area (Å²) in [6.45, 7) is 1.13. The van der Waals surface area contributed by atoms with Gasteiger partial charge < -0.3 is 14.4 Å². The van der Waals surface area contributed by atoms with E-state index in [1.165, 1.54) is 0 Å². The maximum absolute atomic E-state index is 12.7. The van der Waals surface area contributed by atoms with Gasteiger partial charge in [-0.15, -0.1) is 0 Å². The molecular weight excluding hydrogens is 378 g/mol. The molecule has 2 aliphatic heterocycles. The number of Topliss-reactive ketones (excluding diaryl/α,β-unsaturated/α-hetero) is 1. The Morgan fingerprint density at radius 3 is 2.57 bits per heavy atom. The smallest absolute Gasteiger partial charge is 0.260 e. The number of benzene rings is 3. The second-order valence-corrected chi connectivity index (χ2v) is 8.03. The van der Waals surface area contributed by atoms with Crippen LogP contribution in [0.1, 0.15) is 29.6 Å². The van der Waals surface area contributed by atoms with Crippen molar-refractivity contribution in [1.82, 2.24) is 4.90 Å². The highest BCUT2D eigenvalue weighted by Gasteiger charge is 2.43. The van der Waals surface area contributed by atoms with Crippen molar-refractivity contribution in [3.8, 4) is 11.5 Å². The summed E-state index contributed by atoms with van der Waals surface area (Å²) < 4.78 is 12.1. The summed E-state index contributed by atoms with van der Waals surface area (Å²) in [4.78, 5) is 27.1. The van der Waals surface area contributed by atoms with Gasteiger partial charge in [0.2, 0.25) is 0 Å². The maximum Gasteiger partial charge on any atom is 0.260 e. The SMILES string of the molecule is O=C1CC2(CCN(C(=O)COc3cccc4ccccc34)CC2)Oc2ccccc21. The Morgan fingerprint density at radius 2 is 1.70 bits per heavy atom. The van der Waals surface area contributed by atoms with Crippen LogP contribution in [0, 0.1) is 0 Å². The third-order valence-electron chi connectivity index (χ3n) is 6.12. The Bertz CT molecular complexity index is 1110. The second-order valence-electron chi connectivity index (χ2n) is 8.03. The molecule has 5 heteroatoms. The van der Waals surface area contributed by atoms with Crippen molar-refractivity contribution in [2.45, 2.75) is 24.9 Å². The quantitative estimate of drug-likeness (QED) is 0.659. The van der Waals surface area contributed by atoms with Crippen LogP contribution in [0.25, 0.3) is 10.8 Å². The highest BCUT2D eigenvalue weighted by molar-refractivity contribution is 6.00. The topological polar surface area (TPSA) is 55.8 Å². The van der Waals surface area contributed by atoms with E-state index in [1.54, 1.807) is 0 Å². The van der Waals surface area contributed by atoms with E-state index >= 15 is 0 Å². The van der Waals surface area contributed by atoms with Crippen molar-refractivity contribution in [3.63, 3.8) is 0 Å². The van der Waals surface area contributed by atoms with Crippen molar-refractivity contribution in [3.05, 3.63) is 72.3 Å². The molecule has 0 radical (unpaired) electrons. The number of carbonyl (C=O) groups excluding carboxylic acids is 2. The fraction of sp³-hybridized carbons (Fsp3) is 0.280. The number of hydrogen-bond donors (Lipinski definition) is 0. The largest absolute Gasteiger partial charge is 0.486 e. The van der Waals surface area contributed by atoms with E-state index in [1.807, 2.05) is 71.6 Å². The van der Waals surface area contributed by atoms with Gasteiger partial charge in [0, 0.05) is 31.3 Å². The first-order valence-electron chi connectivity index (χ1n) is 10.3. The van der Waals surface area contributed by atoms with E-state index in [0.717, 1.165) is 10.8 Å². The molecule has 2 heterocycles. The summed E-state index contributed by atoms with van der Waals surface area (Å²) in [5, 5.41) is 2.08. The molecule has 0 saturated carbocycles. The van der Waals surface area contributed by atoms with Crippen LogP contribution in [0.3, 0.4) is 0 Å². The van der Waals surface area contributed by atoms with Crippen LogP contribution in [0.4, 0.5) is 0 Å². The van der Waals surface area contributed by atoms with Crippen molar-refractivity contribution < 1.29 is 19.1 Å². The van der Waals surface area contributed by atoms with Crippen LogP contribution in [-0.2, 0) is 4.79 Å². The maximum atomic E-state index is 12.7. The number of piperidine rings is 1. The normalized spacial score (nSPS) is 17.5. The molecule has 3 aromatic carbocycles. The lowest BCUT2D eigenvalue weighted by atomic mass is 9.82. The van der Waals surface area contributed by atoms with Crippen LogP contribution in [0.15, 0.2) is 66.7 Å². The Balaban J connectivity index is 1.22. The van der Waals surface area contributed by atoms with Crippen molar-refractivity contribution in [1.29, 1.82) is 0 Å². The Hall–Kier alpha value is -3.34. The fourth-order valence-corrected chi connectivity index (χ4v) is 4.44. The molecule has 1 amide bonds. The van der Waals surface area contributed by atoms with Gasteiger partial charge in [-0.2, -0.15) is 0 Å². The van der Waals surface area contributed by atoms with E-state index in [-0.39, 0.29) is 18.3 Å². The van der Waals surface area contributed by atoms with Gasteiger partial charge in [0.15, 0.2) is 12.4 Å². The van der Waals surface area contributed by atoms with Gasteiger partial charge in [-0.1, -0.05) is 48.5 Å². The van der Waals surface area contributed by atoms with Crippen LogP contribution in [0.2, 0.25) is 0 Å². The first kappa shape index (κ1) is 18.7. The predicted octanol–water partition coefficient (Wildman–Crippen LogP) is 4.25. The molecule has 30 heavy (non-hydrogen) atoms. The molecule has 3 aromatic rings. The summed E-state index contributed by atoms with van der Waals surface area (Å²) in [5.74, 6) is 1.46. The van der Waals surface area contributed by atoms with Crippen LogP contribution >= 0.6 is 0 Å². The van der Waals surface area contributed by atoms with Gasteiger partial charge in [-0.05, 0) is 23.6 Å². The van der Waals surface area contributed by atoms with Crippen molar-refractivity contribution >= 4 is 22.5 Å². The first-order chi connectivity index (χ1) is 14.6. The molecule has 5 rings (SSSR count). The molecule has 2 aliphatic rings. The van der Waals surface area contributed by atoms with Gasteiger partial charge >= 0.3 is 0 Å². The summed E-state index contributed by atoms with van der Waals surface area (Å²) in [5.41, 5.74) is 0.156. The van der Waals surface area contributed by atoms with Gasteiger partial charge in [-0.3, -0.25) is 9.59 Å². The first-order valence-corrected chi connectivity index (χ1v) is 10.3. The number of carbonyl (C=O) groups is 2. The van der Waals surface area contributed by atoms with E-state index < -0.39 is 5.60 Å². The monoisotopic (exact) mass is 401 g/mol. The summed E-state index contributed by atoms with van der Waals surface area (Å²) in [7, 11) is 0. The number of para-hydroxylation sites is 1. The lowest BCUT2D eigenvalue weighted by molar-refractivity contribution is -0.136. The average molecular weight is 401 g/mol. The van der Waals surface area contributed by atoms with E-state index in [0.29, 0.717) is 49.4 Å². The zero-order chi connectivity index (χ0) is 20.6. The summed E-state index contributed by atoms with van der Waals surface area (Å²) >= 11 is 0. The molecule has 0 N–H and O–H groups in total. The third-order valence-corrected chi connectivity index (χ3v) is 6.12. The predicted molar refractivity (Wildman–Crippen MR) is 114 cm³/mol. The summed E-state index contributed by atoms with van der Waals surface area (Å²) in [6, 6.07) is 21.2. The standard InChI is InChI=1S/C25H23NO4/c27-21-16-25(30-23-10-4-3-9-20(21)23)12-14-26(15-13-25)24(28)17-29-22-11-5-7-18-6-1-2-8-19(18)22/h1-11H,12-17H2. The average Bonchev–Trinajstić information content (AvgIpc) is 2.78. The number of ether oxygens (including phenoxy) is 2. The minimum atomic E-state index is -0.501. The molecule has 0 aliphatic carbocycles.